The molecule has 4 rings (SSSR count). The molecule has 0 spiro atoms. The van der Waals surface area contributed by atoms with Gasteiger partial charge in [-0.2, -0.15) is 0 Å². The number of phenols is 1. The highest BCUT2D eigenvalue weighted by molar-refractivity contribution is 5.71. The van der Waals surface area contributed by atoms with E-state index in [0.29, 0.717) is 18.6 Å². The standard InChI is InChI=1S/C28H26O/c1-20-13-14-27(21(2)15-20)24-18-25(16-22-9-5-3-6-10-22)28(29)26(19-24)17-23-11-7-4-8-12-23/h3-15,18-19,29H,16-17H2,1-2H3. The van der Waals surface area contributed by atoms with Gasteiger partial charge in [0.2, 0.25) is 0 Å². The van der Waals surface area contributed by atoms with Crippen molar-refractivity contribution in [2.24, 2.45) is 0 Å². The van der Waals surface area contributed by atoms with Gasteiger partial charge in [-0.1, -0.05) is 84.4 Å². The zero-order chi connectivity index (χ0) is 20.2. The lowest BCUT2D eigenvalue weighted by molar-refractivity contribution is 0.463. The first-order valence-electron chi connectivity index (χ1n) is 10.1. The van der Waals surface area contributed by atoms with E-state index in [2.05, 4.69) is 68.4 Å². The number of phenolic OH excluding ortho intramolecular Hbond substituents is 1. The molecule has 0 amide bonds. The Morgan fingerprint density at radius 3 is 1.62 bits per heavy atom. The Balaban J connectivity index is 1.82. The van der Waals surface area contributed by atoms with Crippen molar-refractivity contribution in [3.63, 3.8) is 0 Å². The molecule has 0 saturated heterocycles. The van der Waals surface area contributed by atoms with Crippen LogP contribution in [0.25, 0.3) is 11.1 Å². The van der Waals surface area contributed by atoms with Crippen LogP contribution in [0.3, 0.4) is 0 Å². The van der Waals surface area contributed by atoms with Crippen molar-refractivity contribution in [1.29, 1.82) is 0 Å². The van der Waals surface area contributed by atoms with Gasteiger partial charge in [-0.3, -0.25) is 0 Å². The van der Waals surface area contributed by atoms with Gasteiger partial charge in [0.05, 0.1) is 0 Å². The van der Waals surface area contributed by atoms with Crippen LogP contribution in [0.5, 0.6) is 5.75 Å². The van der Waals surface area contributed by atoms with Gasteiger partial charge in [-0.05, 0) is 64.9 Å². The topological polar surface area (TPSA) is 20.2 Å². The number of rotatable bonds is 5. The third-order valence-corrected chi connectivity index (χ3v) is 5.44. The van der Waals surface area contributed by atoms with Crippen LogP contribution >= 0.6 is 0 Å². The Bertz CT molecular complexity index is 1050. The maximum absolute atomic E-state index is 11.1. The van der Waals surface area contributed by atoms with Gasteiger partial charge >= 0.3 is 0 Å². The summed E-state index contributed by atoms with van der Waals surface area (Å²) in [6, 6.07) is 31.5. The number of hydrogen-bond acceptors (Lipinski definition) is 1. The van der Waals surface area contributed by atoms with Gasteiger partial charge in [0.15, 0.2) is 0 Å². The second-order valence-electron chi connectivity index (χ2n) is 7.79. The van der Waals surface area contributed by atoms with E-state index in [1.54, 1.807) is 0 Å². The zero-order valence-electron chi connectivity index (χ0n) is 17.0. The molecule has 144 valence electrons. The smallest absolute Gasteiger partial charge is 0.122 e. The normalized spacial score (nSPS) is 10.8. The van der Waals surface area contributed by atoms with Gasteiger partial charge < -0.3 is 5.11 Å². The van der Waals surface area contributed by atoms with Crippen LogP contribution in [0.2, 0.25) is 0 Å². The molecule has 0 aliphatic heterocycles. The van der Waals surface area contributed by atoms with Crippen molar-refractivity contribution >= 4 is 0 Å². The molecule has 1 N–H and O–H groups in total. The summed E-state index contributed by atoms with van der Waals surface area (Å²) in [4.78, 5) is 0. The third-order valence-electron chi connectivity index (χ3n) is 5.44. The summed E-state index contributed by atoms with van der Waals surface area (Å²) in [5.74, 6) is 0.409. The van der Waals surface area contributed by atoms with Crippen molar-refractivity contribution in [3.05, 3.63) is 124 Å². The molecule has 0 aliphatic rings. The Hall–Kier alpha value is -3.32. The zero-order valence-corrected chi connectivity index (χ0v) is 17.0. The quantitative estimate of drug-likeness (QED) is 0.402. The third kappa shape index (κ3) is 4.41. The van der Waals surface area contributed by atoms with Gasteiger partial charge in [0.1, 0.15) is 5.75 Å². The van der Waals surface area contributed by atoms with Crippen LogP contribution in [-0.4, -0.2) is 5.11 Å². The summed E-state index contributed by atoms with van der Waals surface area (Å²) in [7, 11) is 0. The van der Waals surface area contributed by atoms with E-state index in [-0.39, 0.29) is 0 Å². The molecule has 0 unspecified atom stereocenters. The lowest BCUT2D eigenvalue weighted by Crippen LogP contribution is -1.97. The maximum atomic E-state index is 11.1. The molecule has 0 heterocycles. The predicted molar refractivity (Wildman–Crippen MR) is 122 cm³/mol. The van der Waals surface area contributed by atoms with E-state index in [9.17, 15) is 5.11 Å². The lowest BCUT2D eigenvalue weighted by Gasteiger charge is -2.15. The molecule has 0 fully saturated rings. The van der Waals surface area contributed by atoms with E-state index >= 15 is 0 Å². The first-order valence-corrected chi connectivity index (χ1v) is 10.1. The molecular formula is C28H26O. The van der Waals surface area contributed by atoms with Gasteiger partial charge in [0.25, 0.3) is 0 Å². The first kappa shape index (κ1) is 19.0. The van der Waals surface area contributed by atoms with Crippen LogP contribution in [-0.2, 0) is 12.8 Å². The highest BCUT2D eigenvalue weighted by atomic mass is 16.3. The Morgan fingerprint density at radius 1 is 0.621 bits per heavy atom. The van der Waals surface area contributed by atoms with Crippen LogP contribution < -0.4 is 0 Å². The van der Waals surface area contributed by atoms with Gasteiger partial charge in [-0.15, -0.1) is 0 Å². The Kier molecular flexibility index (Phi) is 5.48. The minimum atomic E-state index is 0.409. The molecule has 1 heteroatoms. The molecule has 0 saturated carbocycles. The number of hydrogen-bond donors (Lipinski definition) is 1. The summed E-state index contributed by atoms with van der Waals surface area (Å²) in [5.41, 5.74) is 9.25. The molecule has 4 aromatic carbocycles. The predicted octanol–water partition coefficient (Wildman–Crippen LogP) is 6.86. The summed E-state index contributed by atoms with van der Waals surface area (Å²) >= 11 is 0. The fourth-order valence-electron chi connectivity index (χ4n) is 3.95. The van der Waals surface area contributed by atoms with E-state index in [1.807, 2.05) is 36.4 Å². The van der Waals surface area contributed by atoms with Crippen molar-refractivity contribution in [2.45, 2.75) is 26.7 Å². The highest BCUT2D eigenvalue weighted by Crippen LogP contribution is 2.34. The largest absolute Gasteiger partial charge is 0.507 e. The highest BCUT2D eigenvalue weighted by Gasteiger charge is 2.14. The molecule has 29 heavy (non-hydrogen) atoms. The summed E-state index contributed by atoms with van der Waals surface area (Å²) < 4.78 is 0. The minimum absolute atomic E-state index is 0.409. The molecule has 0 aliphatic carbocycles. The second-order valence-corrected chi connectivity index (χ2v) is 7.79. The summed E-state index contributed by atoms with van der Waals surface area (Å²) in [5, 5.41) is 11.1. The van der Waals surface area contributed by atoms with Gasteiger partial charge in [0, 0.05) is 12.8 Å². The molecule has 0 radical (unpaired) electrons. The molecule has 0 aromatic heterocycles. The minimum Gasteiger partial charge on any atom is -0.507 e. The van der Waals surface area contributed by atoms with E-state index in [0.717, 1.165) is 16.7 Å². The monoisotopic (exact) mass is 378 g/mol. The van der Waals surface area contributed by atoms with E-state index in [4.69, 9.17) is 0 Å². The maximum Gasteiger partial charge on any atom is 0.122 e. The molecule has 4 aromatic rings. The number of aromatic hydroxyl groups is 1. The van der Waals surface area contributed by atoms with Gasteiger partial charge in [-0.25, -0.2) is 0 Å². The van der Waals surface area contributed by atoms with Crippen LogP contribution in [0.4, 0.5) is 0 Å². The second kappa shape index (κ2) is 8.36. The SMILES string of the molecule is Cc1ccc(-c2cc(Cc3ccccc3)c(O)c(Cc3ccccc3)c2)c(C)c1. The lowest BCUT2D eigenvalue weighted by atomic mass is 9.91. The van der Waals surface area contributed by atoms with Crippen LogP contribution in [0.1, 0.15) is 33.4 Å². The fraction of sp³-hybridized carbons (Fsp3) is 0.143. The van der Waals surface area contributed by atoms with Crippen molar-refractivity contribution in [3.8, 4) is 16.9 Å². The Morgan fingerprint density at radius 2 is 1.14 bits per heavy atom. The molecule has 0 bridgehead atoms. The average molecular weight is 379 g/mol. The summed E-state index contributed by atoms with van der Waals surface area (Å²) in [6.07, 6.45) is 1.43. The van der Waals surface area contributed by atoms with E-state index < -0.39 is 0 Å². The van der Waals surface area contributed by atoms with Crippen LogP contribution in [0, 0.1) is 13.8 Å². The summed E-state index contributed by atoms with van der Waals surface area (Å²) in [6.45, 7) is 4.28. The molecule has 0 atom stereocenters. The van der Waals surface area contributed by atoms with Crippen LogP contribution in [0.15, 0.2) is 91.0 Å². The number of aryl methyl sites for hydroxylation is 2. The average Bonchev–Trinajstić information content (AvgIpc) is 2.72. The van der Waals surface area contributed by atoms with Crippen molar-refractivity contribution in [2.75, 3.05) is 0 Å². The van der Waals surface area contributed by atoms with E-state index in [1.165, 1.54) is 27.8 Å². The fourth-order valence-corrected chi connectivity index (χ4v) is 3.95. The number of benzene rings is 4. The molecule has 1 nitrogen and oxygen atoms in total. The molecular weight excluding hydrogens is 352 g/mol. The Labute approximate surface area is 173 Å². The van der Waals surface area contributed by atoms with Crippen molar-refractivity contribution in [1.82, 2.24) is 0 Å². The van der Waals surface area contributed by atoms with Crippen molar-refractivity contribution < 1.29 is 5.11 Å². The first-order chi connectivity index (χ1) is 14.1.